The lowest BCUT2D eigenvalue weighted by molar-refractivity contribution is -0.302. The van der Waals surface area contributed by atoms with E-state index in [2.05, 4.69) is 42.6 Å². The Balaban J connectivity index is 2.57. The van der Waals surface area contributed by atoms with Crippen molar-refractivity contribution in [2.24, 2.45) is 0 Å². The molecule has 0 aromatic heterocycles. The van der Waals surface area contributed by atoms with Gasteiger partial charge in [0.05, 0.1) is 25.4 Å². The van der Waals surface area contributed by atoms with Crippen molar-refractivity contribution in [3.8, 4) is 0 Å². The van der Waals surface area contributed by atoms with E-state index in [1.165, 1.54) is 12.8 Å². The van der Waals surface area contributed by atoms with Gasteiger partial charge in [0.2, 0.25) is 5.91 Å². The van der Waals surface area contributed by atoms with Gasteiger partial charge < -0.3 is 40.3 Å². The third-order valence-electron chi connectivity index (χ3n) is 7.45. The maximum Gasteiger partial charge on any atom is 0.220 e. The fourth-order valence-electron chi connectivity index (χ4n) is 4.70. The van der Waals surface area contributed by atoms with Crippen LogP contribution in [0.15, 0.2) is 48.6 Å². The number of amides is 1. The van der Waals surface area contributed by atoms with Crippen molar-refractivity contribution < 1.29 is 39.8 Å². The van der Waals surface area contributed by atoms with Gasteiger partial charge >= 0.3 is 0 Å². The maximum atomic E-state index is 12.7. The van der Waals surface area contributed by atoms with Crippen LogP contribution in [0.3, 0.4) is 0 Å². The van der Waals surface area contributed by atoms with Crippen molar-refractivity contribution in [3.05, 3.63) is 48.6 Å². The lowest BCUT2D eigenvalue weighted by Gasteiger charge is -2.40. The van der Waals surface area contributed by atoms with Crippen LogP contribution in [0.5, 0.6) is 0 Å². The number of rotatable bonds is 24. The lowest BCUT2D eigenvalue weighted by atomic mass is 9.99. The highest BCUT2D eigenvalue weighted by molar-refractivity contribution is 5.76. The Bertz CT molecular complexity index is 812. The zero-order valence-electron chi connectivity index (χ0n) is 26.4. The second-order valence-corrected chi connectivity index (χ2v) is 11.2. The fourth-order valence-corrected chi connectivity index (χ4v) is 4.70. The lowest BCUT2D eigenvalue weighted by Crippen LogP contribution is -2.60. The molecule has 6 N–H and O–H groups in total. The number of nitrogens with one attached hydrogen (secondary N) is 1. The Hall–Kier alpha value is -1.85. The van der Waals surface area contributed by atoms with E-state index in [4.69, 9.17) is 9.47 Å². The largest absolute Gasteiger partial charge is 0.394 e. The minimum absolute atomic E-state index is 0.210. The van der Waals surface area contributed by atoms with Crippen molar-refractivity contribution in [1.29, 1.82) is 0 Å². The second-order valence-electron chi connectivity index (χ2n) is 11.2. The predicted octanol–water partition coefficient (Wildman–Crippen LogP) is 4.37. The quantitative estimate of drug-likeness (QED) is 0.0698. The monoisotopic (exact) mass is 609 g/mol. The molecule has 1 fully saturated rings. The van der Waals surface area contributed by atoms with Crippen LogP contribution >= 0.6 is 0 Å². The minimum Gasteiger partial charge on any atom is -0.394 e. The third kappa shape index (κ3) is 17.9. The van der Waals surface area contributed by atoms with Gasteiger partial charge in [-0.2, -0.15) is 0 Å². The summed E-state index contributed by atoms with van der Waals surface area (Å²) < 4.78 is 11.1. The molecule has 0 saturated carbocycles. The summed E-state index contributed by atoms with van der Waals surface area (Å²) in [5.74, 6) is -0.210. The molecule has 1 aliphatic rings. The first-order valence-corrected chi connectivity index (χ1v) is 16.3. The number of allylic oxidation sites excluding steroid dienone is 7. The minimum atomic E-state index is -1.57. The summed E-state index contributed by atoms with van der Waals surface area (Å²) in [7, 11) is 0. The van der Waals surface area contributed by atoms with E-state index in [-0.39, 0.29) is 12.5 Å². The van der Waals surface area contributed by atoms with Crippen LogP contribution in [0, 0.1) is 0 Å². The van der Waals surface area contributed by atoms with Gasteiger partial charge in [-0.05, 0) is 58.3 Å². The zero-order chi connectivity index (χ0) is 31.7. The first-order chi connectivity index (χ1) is 20.8. The molecule has 1 aliphatic heterocycles. The number of carbonyl (C=O) groups excluding carboxylic acids is 1. The standard InChI is InChI=1S/C34H59NO8/c1-3-5-7-9-11-13-14-16-18-20-22-24-30(38)35-27(28(37)23-21-19-17-15-12-10-8-6-4-2)26-42-34-33(41)32(40)31(39)29(25-36)43-34/h4,6,9,11-12,15,21,23,27-29,31-34,36-37,39-41H,3,5,7-8,10,13-14,16-20,22,24-26H2,1-2H3,(H,35,38)/b6-4+,11-9-,15-12+,23-21+. The molecule has 0 bridgehead atoms. The summed E-state index contributed by atoms with van der Waals surface area (Å²) in [6.45, 7) is 3.41. The van der Waals surface area contributed by atoms with Crippen LogP contribution in [0.1, 0.15) is 104 Å². The number of hydrogen-bond acceptors (Lipinski definition) is 8. The van der Waals surface area contributed by atoms with E-state index in [1.807, 2.05) is 19.1 Å². The second kappa shape index (κ2) is 25.5. The number of carbonyl (C=O) groups is 1. The first kappa shape index (κ1) is 39.2. The van der Waals surface area contributed by atoms with Crippen molar-refractivity contribution in [2.45, 2.75) is 147 Å². The van der Waals surface area contributed by atoms with Gasteiger partial charge in [0.25, 0.3) is 0 Å². The Morgan fingerprint density at radius 3 is 2.09 bits per heavy atom. The average molecular weight is 610 g/mol. The number of aliphatic hydroxyl groups excluding tert-OH is 5. The molecule has 1 saturated heterocycles. The normalized spacial score (nSPS) is 24.5. The van der Waals surface area contributed by atoms with Gasteiger partial charge in [0, 0.05) is 6.42 Å². The molecule has 0 aliphatic carbocycles. The molecule has 9 nitrogen and oxygen atoms in total. The number of ether oxygens (including phenoxy) is 2. The molecule has 7 atom stereocenters. The van der Waals surface area contributed by atoms with Gasteiger partial charge in [-0.3, -0.25) is 4.79 Å². The molecule has 1 amide bonds. The fraction of sp³-hybridized carbons (Fsp3) is 0.735. The molecule has 9 heteroatoms. The highest BCUT2D eigenvalue weighted by Gasteiger charge is 2.44. The number of hydrogen-bond donors (Lipinski definition) is 6. The summed E-state index contributed by atoms with van der Waals surface area (Å²) in [4.78, 5) is 12.7. The molecule has 43 heavy (non-hydrogen) atoms. The number of unbranched alkanes of at least 4 members (excludes halogenated alkanes) is 9. The topological polar surface area (TPSA) is 149 Å². The first-order valence-electron chi connectivity index (χ1n) is 16.3. The van der Waals surface area contributed by atoms with Crippen molar-refractivity contribution in [2.75, 3.05) is 13.2 Å². The van der Waals surface area contributed by atoms with E-state index in [1.54, 1.807) is 6.08 Å². The Morgan fingerprint density at radius 2 is 1.42 bits per heavy atom. The van der Waals surface area contributed by atoms with E-state index in [0.29, 0.717) is 6.42 Å². The summed E-state index contributed by atoms with van der Waals surface area (Å²) >= 11 is 0. The molecular formula is C34H59NO8. The molecular weight excluding hydrogens is 550 g/mol. The summed E-state index contributed by atoms with van der Waals surface area (Å²) in [6, 6.07) is -0.827. The van der Waals surface area contributed by atoms with Gasteiger partial charge in [0.1, 0.15) is 24.4 Å². The van der Waals surface area contributed by atoms with E-state index >= 15 is 0 Å². The van der Waals surface area contributed by atoms with Crippen LogP contribution in [0.2, 0.25) is 0 Å². The van der Waals surface area contributed by atoms with Crippen LogP contribution < -0.4 is 5.32 Å². The molecule has 0 radical (unpaired) electrons. The Kier molecular flexibility index (Phi) is 23.2. The third-order valence-corrected chi connectivity index (χ3v) is 7.45. The highest BCUT2D eigenvalue weighted by atomic mass is 16.7. The van der Waals surface area contributed by atoms with E-state index < -0.39 is 49.5 Å². The van der Waals surface area contributed by atoms with Gasteiger partial charge in [-0.15, -0.1) is 0 Å². The molecule has 7 unspecified atom stereocenters. The predicted molar refractivity (Wildman–Crippen MR) is 170 cm³/mol. The van der Waals surface area contributed by atoms with Gasteiger partial charge in [-0.25, -0.2) is 0 Å². The van der Waals surface area contributed by atoms with Crippen molar-refractivity contribution >= 4 is 5.91 Å². The summed E-state index contributed by atoms with van der Waals surface area (Å²) in [5, 5.41) is 53.5. The Morgan fingerprint density at radius 1 is 0.814 bits per heavy atom. The van der Waals surface area contributed by atoms with Crippen LogP contribution in [-0.4, -0.2) is 87.5 Å². The van der Waals surface area contributed by atoms with E-state index in [9.17, 15) is 30.3 Å². The molecule has 1 rings (SSSR count). The molecule has 0 aromatic rings. The SMILES string of the molecule is C/C=C/CC/C=C/CC/C=C/C(O)C(COC1OC(CO)C(O)C(O)C1O)NC(=O)CCCCCCC/C=C\CCCC. The maximum absolute atomic E-state index is 12.7. The summed E-state index contributed by atoms with van der Waals surface area (Å²) in [5.41, 5.74) is 0. The molecule has 0 spiro atoms. The average Bonchev–Trinajstić information content (AvgIpc) is 3.00. The Labute approximate surface area is 259 Å². The zero-order valence-corrected chi connectivity index (χ0v) is 26.4. The van der Waals surface area contributed by atoms with Gasteiger partial charge in [0.15, 0.2) is 6.29 Å². The van der Waals surface area contributed by atoms with Crippen molar-refractivity contribution in [1.82, 2.24) is 5.32 Å². The van der Waals surface area contributed by atoms with Crippen LogP contribution in [0.25, 0.3) is 0 Å². The highest BCUT2D eigenvalue weighted by Crippen LogP contribution is 2.22. The van der Waals surface area contributed by atoms with E-state index in [0.717, 1.165) is 70.6 Å². The molecule has 248 valence electrons. The molecule has 1 heterocycles. The summed E-state index contributed by atoms with van der Waals surface area (Å²) in [6.07, 6.45) is 21.8. The van der Waals surface area contributed by atoms with Crippen molar-refractivity contribution in [3.63, 3.8) is 0 Å². The molecule has 0 aromatic carbocycles. The van der Waals surface area contributed by atoms with Gasteiger partial charge in [-0.1, -0.05) is 87.6 Å². The number of aliphatic hydroxyl groups is 5. The van der Waals surface area contributed by atoms with Crippen LogP contribution in [0.4, 0.5) is 0 Å². The van der Waals surface area contributed by atoms with Crippen LogP contribution in [-0.2, 0) is 14.3 Å². The smallest absolute Gasteiger partial charge is 0.220 e.